The third-order valence-corrected chi connectivity index (χ3v) is 3.16. The minimum atomic E-state index is 0.470. The summed E-state index contributed by atoms with van der Waals surface area (Å²) in [7, 11) is 1.94. The summed E-state index contributed by atoms with van der Waals surface area (Å²) in [4.78, 5) is 9.26. The van der Waals surface area contributed by atoms with Crippen molar-refractivity contribution in [1.29, 1.82) is 0 Å². The van der Waals surface area contributed by atoms with E-state index in [1.807, 2.05) is 7.05 Å². The molecule has 1 heterocycles. The molecule has 0 aromatic carbocycles. The zero-order chi connectivity index (χ0) is 11.7. The Bertz CT molecular complexity index is 381. The molecule has 1 fully saturated rings. The first kappa shape index (κ1) is 11.4. The summed E-state index contributed by atoms with van der Waals surface area (Å²) in [6.07, 6.45) is 3.75. The molecule has 88 valence electrons. The van der Waals surface area contributed by atoms with Crippen LogP contribution in [0.2, 0.25) is 0 Å². The average Bonchev–Trinajstić information content (AvgIpc) is 2.99. The van der Waals surface area contributed by atoms with Crippen LogP contribution in [-0.4, -0.2) is 17.0 Å². The zero-order valence-corrected chi connectivity index (χ0v) is 10.7. The molecule has 0 saturated heterocycles. The number of aromatic nitrogens is 2. The SMILES string of the molecule is CNc1nc(CC2CC2)nc(C)c1C(C)C. The molecule has 1 aliphatic rings. The average molecular weight is 219 g/mol. The summed E-state index contributed by atoms with van der Waals surface area (Å²) < 4.78 is 0. The number of nitrogens with zero attached hydrogens (tertiary/aromatic N) is 2. The number of aryl methyl sites for hydroxylation is 1. The lowest BCUT2D eigenvalue weighted by Gasteiger charge is -2.15. The van der Waals surface area contributed by atoms with Crippen molar-refractivity contribution in [2.24, 2.45) is 5.92 Å². The molecule has 0 spiro atoms. The van der Waals surface area contributed by atoms with Gasteiger partial charge in [-0.25, -0.2) is 9.97 Å². The van der Waals surface area contributed by atoms with E-state index in [0.717, 1.165) is 29.7 Å². The smallest absolute Gasteiger partial charge is 0.133 e. The minimum Gasteiger partial charge on any atom is -0.373 e. The normalized spacial score (nSPS) is 15.6. The minimum absolute atomic E-state index is 0.470. The zero-order valence-electron chi connectivity index (χ0n) is 10.7. The molecule has 1 aromatic heterocycles. The van der Waals surface area contributed by atoms with Crippen LogP contribution in [-0.2, 0) is 6.42 Å². The third kappa shape index (κ3) is 2.34. The molecular formula is C13H21N3. The van der Waals surface area contributed by atoms with Gasteiger partial charge in [-0.1, -0.05) is 13.8 Å². The maximum Gasteiger partial charge on any atom is 0.133 e. The van der Waals surface area contributed by atoms with E-state index < -0.39 is 0 Å². The van der Waals surface area contributed by atoms with Crippen LogP contribution < -0.4 is 5.32 Å². The van der Waals surface area contributed by atoms with Gasteiger partial charge in [0.15, 0.2) is 0 Å². The van der Waals surface area contributed by atoms with Gasteiger partial charge in [-0.3, -0.25) is 0 Å². The Morgan fingerprint density at radius 2 is 2.00 bits per heavy atom. The van der Waals surface area contributed by atoms with Gasteiger partial charge in [0.05, 0.1) is 0 Å². The Labute approximate surface area is 97.7 Å². The van der Waals surface area contributed by atoms with Crippen LogP contribution >= 0.6 is 0 Å². The van der Waals surface area contributed by atoms with Gasteiger partial charge in [0, 0.05) is 24.7 Å². The second-order valence-corrected chi connectivity index (χ2v) is 5.04. The first-order valence-electron chi connectivity index (χ1n) is 6.17. The van der Waals surface area contributed by atoms with E-state index >= 15 is 0 Å². The van der Waals surface area contributed by atoms with Crippen LogP contribution in [0.5, 0.6) is 0 Å². The Morgan fingerprint density at radius 1 is 1.31 bits per heavy atom. The molecule has 0 amide bonds. The van der Waals surface area contributed by atoms with Crippen molar-refractivity contribution < 1.29 is 0 Å². The quantitative estimate of drug-likeness (QED) is 0.846. The first-order valence-corrected chi connectivity index (χ1v) is 6.17. The molecule has 1 N–H and O–H groups in total. The van der Waals surface area contributed by atoms with Crippen molar-refractivity contribution in [3.05, 3.63) is 17.1 Å². The van der Waals surface area contributed by atoms with Gasteiger partial charge in [0.1, 0.15) is 11.6 Å². The topological polar surface area (TPSA) is 37.8 Å². The predicted molar refractivity (Wildman–Crippen MR) is 66.8 cm³/mol. The fourth-order valence-corrected chi connectivity index (χ4v) is 2.19. The number of hydrogen-bond donors (Lipinski definition) is 1. The number of anilines is 1. The van der Waals surface area contributed by atoms with Crippen LogP contribution in [0.3, 0.4) is 0 Å². The highest BCUT2D eigenvalue weighted by molar-refractivity contribution is 5.47. The molecule has 2 rings (SSSR count). The number of hydrogen-bond acceptors (Lipinski definition) is 3. The summed E-state index contributed by atoms with van der Waals surface area (Å²) in [6, 6.07) is 0. The lowest BCUT2D eigenvalue weighted by atomic mass is 10.0. The van der Waals surface area contributed by atoms with Crippen LogP contribution in [0.1, 0.15) is 49.7 Å². The summed E-state index contributed by atoms with van der Waals surface area (Å²) in [6.45, 7) is 6.47. The maximum atomic E-state index is 4.63. The van der Waals surface area contributed by atoms with E-state index in [1.54, 1.807) is 0 Å². The number of nitrogens with one attached hydrogen (secondary N) is 1. The van der Waals surface area contributed by atoms with Crippen LogP contribution in [0.4, 0.5) is 5.82 Å². The monoisotopic (exact) mass is 219 g/mol. The fourth-order valence-electron chi connectivity index (χ4n) is 2.19. The van der Waals surface area contributed by atoms with E-state index in [4.69, 9.17) is 0 Å². The van der Waals surface area contributed by atoms with Gasteiger partial charge >= 0.3 is 0 Å². The van der Waals surface area contributed by atoms with Crippen molar-refractivity contribution in [3.63, 3.8) is 0 Å². The highest BCUT2D eigenvalue weighted by Gasteiger charge is 2.24. The summed E-state index contributed by atoms with van der Waals surface area (Å²) in [5.41, 5.74) is 2.38. The van der Waals surface area contributed by atoms with Gasteiger partial charge in [-0.15, -0.1) is 0 Å². The van der Waals surface area contributed by atoms with Gasteiger partial charge in [-0.2, -0.15) is 0 Å². The van der Waals surface area contributed by atoms with E-state index in [-0.39, 0.29) is 0 Å². The standard InChI is InChI=1S/C13H21N3/c1-8(2)12-9(3)15-11(7-10-5-6-10)16-13(12)14-4/h8,10H,5-7H2,1-4H3,(H,14,15,16). The predicted octanol–water partition coefficient (Wildman–Crippen LogP) is 2.90. The molecule has 0 atom stereocenters. The van der Waals surface area contributed by atoms with Crippen molar-refractivity contribution in [3.8, 4) is 0 Å². The van der Waals surface area contributed by atoms with Crippen molar-refractivity contribution in [2.45, 2.75) is 46.0 Å². The molecule has 0 bridgehead atoms. The largest absolute Gasteiger partial charge is 0.373 e. The van der Waals surface area contributed by atoms with Gasteiger partial charge in [0.2, 0.25) is 0 Å². The summed E-state index contributed by atoms with van der Waals surface area (Å²) in [5.74, 6) is 3.33. The summed E-state index contributed by atoms with van der Waals surface area (Å²) >= 11 is 0. The maximum absolute atomic E-state index is 4.63. The van der Waals surface area contributed by atoms with Crippen LogP contribution in [0.15, 0.2) is 0 Å². The van der Waals surface area contributed by atoms with Gasteiger partial charge in [0.25, 0.3) is 0 Å². The number of rotatable bonds is 4. The Morgan fingerprint density at radius 3 is 2.50 bits per heavy atom. The fraction of sp³-hybridized carbons (Fsp3) is 0.692. The van der Waals surface area contributed by atoms with Crippen molar-refractivity contribution in [1.82, 2.24) is 9.97 Å². The molecule has 3 nitrogen and oxygen atoms in total. The Hall–Kier alpha value is -1.12. The van der Waals surface area contributed by atoms with E-state index in [9.17, 15) is 0 Å². The molecule has 3 heteroatoms. The van der Waals surface area contributed by atoms with Gasteiger partial charge < -0.3 is 5.32 Å². The molecule has 1 aliphatic carbocycles. The molecule has 1 aromatic rings. The van der Waals surface area contributed by atoms with Crippen LogP contribution in [0, 0.1) is 12.8 Å². The van der Waals surface area contributed by atoms with E-state index in [0.29, 0.717) is 5.92 Å². The molecular weight excluding hydrogens is 198 g/mol. The van der Waals surface area contributed by atoms with E-state index in [1.165, 1.54) is 18.4 Å². The lowest BCUT2D eigenvalue weighted by molar-refractivity contribution is 0.746. The lowest BCUT2D eigenvalue weighted by Crippen LogP contribution is -2.09. The molecule has 16 heavy (non-hydrogen) atoms. The third-order valence-electron chi connectivity index (χ3n) is 3.16. The Balaban J connectivity index is 2.32. The molecule has 0 radical (unpaired) electrons. The Kier molecular flexibility index (Phi) is 3.13. The second-order valence-electron chi connectivity index (χ2n) is 5.04. The van der Waals surface area contributed by atoms with Crippen molar-refractivity contribution >= 4 is 5.82 Å². The summed E-state index contributed by atoms with van der Waals surface area (Å²) in [5, 5.41) is 3.20. The first-order chi connectivity index (χ1) is 7.61. The van der Waals surface area contributed by atoms with Crippen LogP contribution in [0.25, 0.3) is 0 Å². The highest BCUT2D eigenvalue weighted by atomic mass is 15.0. The van der Waals surface area contributed by atoms with E-state index in [2.05, 4.69) is 36.1 Å². The molecule has 0 unspecified atom stereocenters. The molecule has 1 saturated carbocycles. The second kappa shape index (κ2) is 4.40. The molecule has 0 aliphatic heterocycles. The highest BCUT2D eigenvalue weighted by Crippen LogP contribution is 2.33. The van der Waals surface area contributed by atoms with Crippen molar-refractivity contribution in [2.75, 3.05) is 12.4 Å². The van der Waals surface area contributed by atoms with Gasteiger partial charge in [-0.05, 0) is 31.6 Å².